The summed E-state index contributed by atoms with van der Waals surface area (Å²) in [4.78, 5) is 5.21. The number of allylic oxidation sites excluding steroid dienone is 2. The van der Waals surface area contributed by atoms with Gasteiger partial charge in [0.15, 0.2) is 0 Å². The number of nitrogens with one attached hydrogen (secondary N) is 2. The number of ether oxygens (including phenoxy) is 1. The molecule has 5 aromatic carbocycles. The lowest BCUT2D eigenvalue weighted by molar-refractivity contribution is 0.140. The van der Waals surface area contributed by atoms with E-state index in [0.717, 1.165) is 23.4 Å². The Morgan fingerprint density at radius 3 is 2.30 bits per heavy atom. The molecule has 5 atom stereocenters. The summed E-state index contributed by atoms with van der Waals surface area (Å²) in [5, 5.41) is 10.1. The molecule has 5 heterocycles. The third-order valence-electron chi connectivity index (χ3n) is 10.8. The molecule has 0 aliphatic carbocycles. The maximum atomic E-state index is 6.21. The molecule has 10 rings (SSSR count). The summed E-state index contributed by atoms with van der Waals surface area (Å²) in [7, 11) is 0. The SMILES string of the molecule is C=C1/C=C\[C@H]2CC3NC(c4ccccc4)=NC(N3)c3ccc(cc3)-c3cccc4c5ccc(-c6ccccc6)cc5n(c34)/C=C/C(CO1)C2C. The van der Waals surface area contributed by atoms with Crippen LogP contribution in [0.15, 0.2) is 157 Å². The van der Waals surface area contributed by atoms with Crippen molar-refractivity contribution in [1.82, 2.24) is 15.2 Å². The molecule has 4 aliphatic rings. The minimum atomic E-state index is -0.182. The van der Waals surface area contributed by atoms with Crippen LogP contribution < -0.4 is 10.6 Å². The molecule has 2 N–H and O–H groups in total. The van der Waals surface area contributed by atoms with Crippen molar-refractivity contribution in [3.8, 4) is 22.3 Å². The number of amidine groups is 1. The van der Waals surface area contributed by atoms with Crippen molar-refractivity contribution in [2.45, 2.75) is 25.7 Å². The Kier molecular flexibility index (Phi) is 7.70. The number of hydrogen-bond donors (Lipinski definition) is 2. The van der Waals surface area contributed by atoms with Gasteiger partial charge in [-0.05, 0) is 52.7 Å². The normalized spacial score (nSPS) is 24.5. The van der Waals surface area contributed by atoms with E-state index < -0.39 is 0 Å². The Balaban J connectivity index is 1.26. The molecule has 5 heteroatoms. The quantitative estimate of drug-likeness (QED) is 0.196. The van der Waals surface area contributed by atoms with Gasteiger partial charge >= 0.3 is 0 Å². The van der Waals surface area contributed by atoms with Gasteiger partial charge in [-0.15, -0.1) is 0 Å². The van der Waals surface area contributed by atoms with E-state index >= 15 is 0 Å². The second-order valence-electron chi connectivity index (χ2n) is 13.8. The highest BCUT2D eigenvalue weighted by atomic mass is 16.5. The predicted octanol–water partition coefficient (Wildman–Crippen LogP) is 9.94. The molecule has 6 bridgehead atoms. The smallest absolute Gasteiger partial charge is 0.131 e. The highest BCUT2D eigenvalue weighted by molar-refractivity contribution is 6.14. The second-order valence-corrected chi connectivity index (χ2v) is 13.8. The van der Waals surface area contributed by atoms with Crippen molar-refractivity contribution in [3.05, 3.63) is 163 Å². The van der Waals surface area contributed by atoms with Crippen LogP contribution in [0.2, 0.25) is 0 Å². The Labute approximate surface area is 293 Å². The maximum absolute atomic E-state index is 6.21. The number of para-hydroxylation sites is 1. The van der Waals surface area contributed by atoms with E-state index in [-0.39, 0.29) is 24.2 Å². The zero-order valence-corrected chi connectivity index (χ0v) is 28.2. The highest BCUT2D eigenvalue weighted by Gasteiger charge is 2.31. The van der Waals surface area contributed by atoms with Crippen LogP contribution >= 0.6 is 0 Å². The molecule has 0 radical (unpaired) electrons. The van der Waals surface area contributed by atoms with Crippen molar-refractivity contribution < 1.29 is 4.74 Å². The molecule has 0 saturated heterocycles. The van der Waals surface area contributed by atoms with Gasteiger partial charge in [0, 0.05) is 34.0 Å². The monoisotopic (exact) mass is 652 g/mol. The molecule has 246 valence electrons. The Morgan fingerprint density at radius 2 is 1.50 bits per heavy atom. The Bertz CT molecular complexity index is 2300. The Hall–Kier alpha value is -5.65. The van der Waals surface area contributed by atoms with Gasteiger partial charge in [0.25, 0.3) is 0 Å². The first-order valence-electron chi connectivity index (χ1n) is 17.7. The number of fused-ring (bicyclic) bond motifs is 4. The summed E-state index contributed by atoms with van der Waals surface area (Å²) < 4.78 is 8.62. The molecule has 6 aromatic rings. The number of nitrogens with zero attached hydrogens (tertiary/aromatic N) is 2. The summed E-state index contributed by atoms with van der Waals surface area (Å²) in [5.74, 6) is 2.34. The van der Waals surface area contributed by atoms with Gasteiger partial charge < -0.3 is 14.6 Å². The van der Waals surface area contributed by atoms with Crippen LogP contribution in [0.1, 0.15) is 30.6 Å². The van der Waals surface area contributed by atoms with E-state index in [1.807, 2.05) is 0 Å². The molecule has 0 spiro atoms. The first-order chi connectivity index (χ1) is 24.6. The van der Waals surface area contributed by atoms with Gasteiger partial charge in [0.1, 0.15) is 17.8 Å². The first-order valence-corrected chi connectivity index (χ1v) is 17.7. The van der Waals surface area contributed by atoms with Gasteiger partial charge in [-0.1, -0.05) is 141 Å². The molecular formula is C45H40N4O. The van der Waals surface area contributed by atoms with Crippen LogP contribution in [0.4, 0.5) is 0 Å². The van der Waals surface area contributed by atoms with Gasteiger partial charge in [-0.25, -0.2) is 4.99 Å². The summed E-state index contributed by atoms with van der Waals surface area (Å²) in [6.45, 7) is 7.14. The van der Waals surface area contributed by atoms with Crippen molar-refractivity contribution in [2.24, 2.45) is 22.7 Å². The molecule has 0 fully saturated rings. The minimum absolute atomic E-state index is 0.0146. The van der Waals surface area contributed by atoms with Crippen LogP contribution in [0.5, 0.6) is 0 Å². The molecule has 5 nitrogen and oxygen atoms in total. The Morgan fingerprint density at radius 1 is 0.740 bits per heavy atom. The van der Waals surface area contributed by atoms with Crippen LogP contribution in [-0.4, -0.2) is 23.2 Å². The van der Waals surface area contributed by atoms with Crippen molar-refractivity contribution in [1.29, 1.82) is 0 Å². The average molecular weight is 653 g/mol. The number of rotatable bonds is 2. The minimum Gasteiger partial charge on any atom is -0.494 e. The van der Waals surface area contributed by atoms with Gasteiger partial charge in [0.2, 0.25) is 0 Å². The zero-order valence-electron chi connectivity index (χ0n) is 28.2. The molecule has 4 aliphatic heterocycles. The fourth-order valence-electron chi connectivity index (χ4n) is 7.91. The largest absolute Gasteiger partial charge is 0.494 e. The van der Waals surface area contributed by atoms with E-state index in [0.29, 0.717) is 18.3 Å². The standard InChI is InChI=1S/C45H40N4O/c1-29-16-17-35-27-42-46-44(33-12-7-4-8-13-33)48-45(47-42)34-20-18-32(19-21-34)38-14-9-15-40-39-23-22-36(31-10-5-3-6-11-31)26-41(39)49(43(38)40)25-24-37(28-50-29)30(35)2/h3-26,30,35,37,42,45,47H,1,27-28H2,2H3,(H,46,48)/b17-16-,25-24+/t30?,35-,37?,42?,45?/m0/s1. The number of hydrogen-bond acceptors (Lipinski definition) is 4. The molecule has 1 aromatic heterocycles. The molecule has 4 unspecified atom stereocenters. The van der Waals surface area contributed by atoms with Crippen LogP contribution in [0.3, 0.4) is 0 Å². The topological polar surface area (TPSA) is 50.6 Å². The van der Waals surface area contributed by atoms with Crippen LogP contribution in [-0.2, 0) is 4.74 Å². The third-order valence-corrected chi connectivity index (χ3v) is 10.8. The lowest BCUT2D eigenvalue weighted by Gasteiger charge is -2.36. The van der Waals surface area contributed by atoms with Gasteiger partial charge in [0.05, 0.1) is 23.8 Å². The number of aromatic nitrogens is 1. The van der Waals surface area contributed by atoms with Gasteiger partial charge in [-0.3, -0.25) is 5.32 Å². The van der Waals surface area contributed by atoms with E-state index in [1.165, 1.54) is 44.1 Å². The van der Waals surface area contributed by atoms with Crippen LogP contribution in [0, 0.1) is 17.8 Å². The number of aliphatic imine (C=N–C) groups is 1. The van der Waals surface area contributed by atoms with Crippen molar-refractivity contribution in [3.63, 3.8) is 0 Å². The summed E-state index contributed by atoms with van der Waals surface area (Å²) in [5.41, 5.74) is 9.41. The molecule has 0 saturated carbocycles. The van der Waals surface area contributed by atoms with E-state index in [4.69, 9.17) is 9.73 Å². The fraction of sp³-hybridized carbons (Fsp3) is 0.178. The maximum Gasteiger partial charge on any atom is 0.131 e. The third kappa shape index (κ3) is 5.54. The fourth-order valence-corrected chi connectivity index (χ4v) is 7.91. The van der Waals surface area contributed by atoms with E-state index in [2.05, 4.69) is 174 Å². The lowest BCUT2D eigenvalue weighted by Crippen LogP contribution is -2.52. The highest BCUT2D eigenvalue weighted by Crippen LogP contribution is 2.39. The van der Waals surface area contributed by atoms with E-state index in [1.54, 1.807) is 0 Å². The average Bonchev–Trinajstić information content (AvgIpc) is 3.49. The lowest BCUT2D eigenvalue weighted by atomic mass is 9.79. The van der Waals surface area contributed by atoms with E-state index in [9.17, 15) is 0 Å². The number of benzene rings is 5. The summed E-state index contributed by atoms with van der Waals surface area (Å²) in [6.07, 6.45) is 9.73. The first kappa shape index (κ1) is 30.4. The summed E-state index contributed by atoms with van der Waals surface area (Å²) >= 11 is 0. The second kappa shape index (κ2) is 12.7. The van der Waals surface area contributed by atoms with Crippen molar-refractivity contribution >= 4 is 33.8 Å². The van der Waals surface area contributed by atoms with Crippen LogP contribution in [0.25, 0.3) is 50.3 Å². The zero-order chi connectivity index (χ0) is 33.6. The molecular weight excluding hydrogens is 613 g/mol. The summed E-state index contributed by atoms with van der Waals surface area (Å²) in [6, 6.07) is 43.6. The molecule has 50 heavy (non-hydrogen) atoms. The molecule has 0 amide bonds. The van der Waals surface area contributed by atoms with Crippen molar-refractivity contribution in [2.75, 3.05) is 6.61 Å². The predicted molar refractivity (Wildman–Crippen MR) is 206 cm³/mol. The van der Waals surface area contributed by atoms with Gasteiger partial charge in [-0.2, -0.15) is 0 Å².